The van der Waals surface area contributed by atoms with E-state index in [2.05, 4.69) is 15.6 Å². The number of anilines is 2. The zero-order valence-corrected chi connectivity index (χ0v) is 23.0. The SMILES string of the molecule is COC[C@H](C)Nc1nccc(N(C(=O)c2ccc3c(c2)CCO3)C2CCC(NC(=O)OC(C)(C)C)CC2)n1. The molecule has 1 aliphatic carbocycles. The number of hydrogen-bond acceptors (Lipinski definition) is 8. The Morgan fingerprint density at radius 3 is 2.66 bits per heavy atom. The maximum absolute atomic E-state index is 14.0. The quantitative estimate of drug-likeness (QED) is 0.523. The third kappa shape index (κ3) is 7.12. The number of alkyl carbamates (subject to hydrolysis) is 1. The van der Waals surface area contributed by atoms with Crippen LogP contribution in [-0.2, 0) is 15.9 Å². The number of aromatic nitrogens is 2. The summed E-state index contributed by atoms with van der Waals surface area (Å²) in [6, 6.07) is 7.30. The number of nitrogens with one attached hydrogen (secondary N) is 2. The topological polar surface area (TPSA) is 115 Å². The molecular weight excluding hydrogens is 486 g/mol. The Balaban J connectivity index is 1.54. The van der Waals surface area contributed by atoms with Gasteiger partial charge in [-0.2, -0.15) is 4.98 Å². The molecule has 1 aromatic carbocycles. The number of fused-ring (bicyclic) bond motifs is 1. The standard InChI is InChI=1S/C28H39N5O5/c1-18(17-36-5)30-26-29-14-12-24(32-26)33(25(34)20-6-11-23-19(16-20)13-15-37-23)22-9-7-21(8-10-22)31-27(35)38-28(2,3)4/h6,11-12,14,16,18,21-22H,7-10,13,15,17H2,1-5H3,(H,31,35)(H,29,30,32)/t18-,21?,22?/m0/s1. The Morgan fingerprint density at radius 2 is 1.95 bits per heavy atom. The van der Waals surface area contributed by atoms with Gasteiger partial charge in [0.1, 0.15) is 17.2 Å². The van der Waals surface area contributed by atoms with Crippen molar-refractivity contribution in [2.24, 2.45) is 0 Å². The highest BCUT2D eigenvalue weighted by atomic mass is 16.6. The lowest BCUT2D eigenvalue weighted by Gasteiger charge is -2.37. The molecule has 2 aliphatic rings. The fourth-order valence-corrected chi connectivity index (χ4v) is 4.93. The van der Waals surface area contributed by atoms with Crippen LogP contribution in [0.25, 0.3) is 0 Å². The van der Waals surface area contributed by atoms with Crippen LogP contribution in [0.3, 0.4) is 0 Å². The van der Waals surface area contributed by atoms with Crippen molar-refractivity contribution >= 4 is 23.8 Å². The summed E-state index contributed by atoms with van der Waals surface area (Å²) in [6.07, 6.45) is 4.93. The van der Waals surface area contributed by atoms with Crippen molar-refractivity contribution in [2.75, 3.05) is 30.5 Å². The lowest BCUT2D eigenvalue weighted by atomic mass is 9.89. The van der Waals surface area contributed by atoms with E-state index in [1.807, 2.05) is 45.9 Å². The first-order chi connectivity index (χ1) is 18.1. The average Bonchev–Trinajstić information content (AvgIpc) is 3.32. The maximum atomic E-state index is 14.0. The number of nitrogens with zero attached hydrogens (tertiary/aromatic N) is 3. The molecule has 206 valence electrons. The second-order valence-corrected chi connectivity index (χ2v) is 11.0. The fourth-order valence-electron chi connectivity index (χ4n) is 4.93. The van der Waals surface area contributed by atoms with E-state index in [1.54, 1.807) is 24.3 Å². The Hall–Kier alpha value is -3.40. The number of ether oxygens (including phenoxy) is 3. The molecule has 0 radical (unpaired) electrons. The molecule has 4 rings (SSSR count). The minimum atomic E-state index is -0.551. The van der Waals surface area contributed by atoms with E-state index < -0.39 is 11.7 Å². The zero-order valence-electron chi connectivity index (χ0n) is 23.0. The van der Waals surface area contributed by atoms with Crippen molar-refractivity contribution in [3.05, 3.63) is 41.6 Å². The van der Waals surface area contributed by atoms with Gasteiger partial charge in [0.15, 0.2) is 0 Å². The second kappa shape index (κ2) is 12.0. The van der Waals surface area contributed by atoms with Crippen LogP contribution >= 0.6 is 0 Å². The van der Waals surface area contributed by atoms with Crippen LogP contribution in [0.15, 0.2) is 30.5 Å². The molecule has 1 fully saturated rings. The first-order valence-corrected chi connectivity index (χ1v) is 13.3. The minimum Gasteiger partial charge on any atom is -0.493 e. The molecule has 0 bridgehead atoms. The zero-order chi connectivity index (χ0) is 27.3. The molecule has 1 atom stereocenters. The lowest BCUT2D eigenvalue weighted by molar-refractivity contribution is 0.0489. The number of carbonyl (C=O) groups excluding carboxylic acids is 2. The number of carbonyl (C=O) groups is 2. The molecule has 2 aromatic rings. The molecule has 2 heterocycles. The summed E-state index contributed by atoms with van der Waals surface area (Å²) in [5.74, 6) is 1.70. The van der Waals surface area contributed by atoms with Gasteiger partial charge in [0.25, 0.3) is 5.91 Å². The third-order valence-corrected chi connectivity index (χ3v) is 6.62. The third-order valence-electron chi connectivity index (χ3n) is 6.62. The lowest BCUT2D eigenvalue weighted by Crippen LogP contribution is -2.47. The number of hydrogen-bond donors (Lipinski definition) is 2. The van der Waals surface area contributed by atoms with Crippen molar-refractivity contribution in [1.29, 1.82) is 0 Å². The molecule has 38 heavy (non-hydrogen) atoms. The van der Waals surface area contributed by atoms with E-state index in [0.717, 1.165) is 30.6 Å². The second-order valence-electron chi connectivity index (χ2n) is 11.0. The van der Waals surface area contributed by atoms with Gasteiger partial charge in [0.2, 0.25) is 5.95 Å². The number of amides is 2. The monoisotopic (exact) mass is 525 g/mol. The van der Waals surface area contributed by atoms with E-state index in [-0.39, 0.29) is 24.0 Å². The first kappa shape index (κ1) is 27.6. The van der Waals surface area contributed by atoms with Gasteiger partial charge in [-0.05, 0) is 83.2 Å². The summed E-state index contributed by atoms with van der Waals surface area (Å²) >= 11 is 0. The van der Waals surface area contributed by atoms with Crippen LogP contribution in [-0.4, -0.2) is 66.0 Å². The molecule has 1 aromatic heterocycles. The molecule has 2 N–H and O–H groups in total. The largest absolute Gasteiger partial charge is 0.493 e. The Bertz CT molecular complexity index is 1130. The van der Waals surface area contributed by atoms with E-state index in [9.17, 15) is 9.59 Å². The molecule has 1 saturated carbocycles. The number of benzene rings is 1. The normalized spacial score (nSPS) is 19.6. The molecule has 2 amide bonds. The van der Waals surface area contributed by atoms with E-state index in [0.29, 0.717) is 43.4 Å². The summed E-state index contributed by atoms with van der Waals surface area (Å²) in [6.45, 7) is 8.65. The van der Waals surface area contributed by atoms with Gasteiger partial charge in [-0.1, -0.05) is 0 Å². The van der Waals surface area contributed by atoms with Gasteiger partial charge in [0, 0.05) is 43.4 Å². The number of methoxy groups -OCH3 is 1. The highest BCUT2D eigenvalue weighted by molar-refractivity contribution is 6.06. The van der Waals surface area contributed by atoms with Crippen molar-refractivity contribution in [2.45, 2.75) is 83.5 Å². The summed E-state index contributed by atoms with van der Waals surface area (Å²) in [5.41, 5.74) is 1.09. The van der Waals surface area contributed by atoms with Gasteiger partial charge < -0.3 is 24.8 Å². The summed E-state index contributed by atoms with van der Waals surface area (Å²) in [7, 11) is 1.64. The van der Waals surface area contributed by atoms with Crippen molar-refractivity contribution in [1.82, 2.24) is 15.3 Å². The van der Waals surface area contributed by atoms with Crippen molar-refractivity contribution in [3.8, 4) is 5.75 Å². The molecule has 0 spiro atoms. The predicted molar refractivity (Wildman–Crippen MR) is 145 cm³/mol. The Morgan fingerprint density at radius 1 is 1.18 bits per heavy atom. The van der Waals surface area contributed by atoms with Gasteiger partial charge in [-0.15, -0.1) is 0 Å². The summed E-state index contributed by atoms with van der Waals surface area (Å²) < 4.78 is 16.3. The first-order valence-electron chi connectivity index (χ1n) is 13.3. The van der Waals surface area contributed by atoms with Crippen molar-refractivity contribution in [3.63, 3.8) is 0 Å². The van der Waals surface area contributed by atoms with Gasteiger partial charge in [-0.25, -0.2) is 9.78 Å². The van der Waals surface area contributed by atoms with Crippen LogP contribution in [0.2, 0.25) is 0 Å². The highest BCUT2D eigenvalue weighted by Crippen LogP contribution is 2.31. The molecule has 0 unspecified atom stereocenters. The molecule has 1 aliphatic heterocycles. The van der Waals surface area contributed by atoms with Crippen LogP contribution in [0, 0.1) is 0 Å². The smallest absolute Gasteiger partial charge is 0.407 e. The number of rotatable bonds is 8. The molecule has 0 saturated heterocycles. The minimum absolute atomic E-state index is 0.00507. The van der Waals surface area contributed by atoms with E-state index in [4.69, 9.17) is 19.2 Å². The highest BCUT2D eigenvalue weighted by Gasteiger charge is 2.33. The van der Waals surface area contributed by atoms with Gasteiger partial charge in [-0.3, -0.25) is 9.69 Å². The van der Waals surface area contributed by atoms with E-state index in [1.165, 1.54) is 0 Å². The maximum Gasteiger partial charge on any atom is 0.407 e. The Labute approximate surface area is 224 Å². The fraction of sp³-hybridized carbons (Fsp3) is 0.571. The van der Waals surface area contributed by atoms with E-state index >= 15 is 0 Å². The van der Waals surface area contributed by atoms with Crippen LogP contribution < -0.4 is 20.3 Å². The Kier molecular flexibility index (Phi) is 8.71. The molecule has 10 heteroatoms. The van der Waals surface area contributed by atoms with Gasteiger partial charge >= 0.3 is 6.09 Å². The van der Waals surface area contributed by atoms with Crippen LogP contribution in [0.1, 0.15) is 69.3 Å². The summed E-state index contributed by atoms with van der Waals surface area (Å²) in [4.78, 5) is 37.1. The molecular formula is C28H39N5O5. The predicted octanol–water partition coefficient (Wildman–Crippen LogP) is 4.34. The summed E-state index contributed by atoms with van der Waals surface area (Å²) in [5, 5.41) is 6.22. The van der Waals surface area contributed by atoms with Crippen LogP contribution in [0.4, 0.5) is 16.6 Å². The van der Waals surface area contributed by atoms with Crippen molar-refractivity contribution < 1.29 is 23.8 Å². The van der Waals surface area contributed by atoms with Gasteiger partial charge in [0.05, 0.1) is 13.2 Å². The molecule has 10 nitrogen and oxygen atoms in total. The average molecular weight is 526 g/mol. The van der Waals surface area contributed by atoms with Crippen LogP contribution in [0.5, 0.6) is 5.75 Å².